The van der Waals surface area contributed by atoms with E-state index in [1.807, 2.05) is 0 Å². The van der Waals surface area contributed by atoms with Crippen LogP contribution in [0.2, 0.25) is 0 Å². The SMILES string of the molecule is CC(C)NC(=NCCCCCCCCCCCCN)NC(C)C. The van der Waals surface area contributed by atoms with Crippen LogP contribution in [0.25, 0.3) is 0 Å². The first-order valence-corrected chi connectivity index (χ1v) is 9.83. The summed E-state index contributed by atoms with van der Waals surface area (Å²) >= 11 is 0. The van der Waals surface area contributed by atoms with Crippen LogP contribution >= 0.6 is 0 Å². The Morgan fingerprint density at radius 2 is 1.09 bits per heavy atom. The maximum Gasteiger partial charge on any atom is 0.191 e. The Bertz CT molecular complexity index is 263. The Hall–Kier alpha value is -0.770. The Kier molecular flexibility index (Phi) is 15.6. The molecule has 0 saturated heterocycles. The van der Waals surface area contributed by atoms with Crippen molar-refractivity contribution < 1.29 is 0 Å². The molecule has 0 aliphatic heterocycles. The number of hydrogen-bond donors (Lipinski definition) is 3. The highest BCUT2D eigenvalue weighted by atomic mass is 15.2. The smallest absolute Gasteiger partial charge is 0.191 e. The van der Waals surface area contributed by atoms with E-state index < -0.39 is 0 Å². The summed E-state index contributed by atoms with van der Waals surface area (Å²) in [6.45, 7) is 10.4. The summed E-state index contributed by atoms with van der Waals surface area (Å²) in [6, 6.07) is 0.842. The molecule has 0 radical (unpaired) electrons. The van der Waals surface area contributed by atoms with E-state index in [0.717, 1.165) is 19.0 Å². The van der Waals surface area contributed by atoms with E-state index in [9.17, 15) is 0 Å². The zero-order valence-corrected chi connectivity index (χ0v) is 16.2. The van der Waals surface area contributed by atoms with Gasteiger partial charge in [-0.2, -0.15) is 0 Å². The van der Waals surface area contributed by atoms with Crippen LogP contribution in [0.3, 0.4) is 0 Å². The molecule has 0 atom stereocenters. The van der Waals surface area contributed by atoms with Crippen LogP contribution in [0.5, 0.6) is 0 Å². The van der Waals surface area contributed by atoms with Crippen LogP contribution in [0.1, 0.15) is 91.9 Å². The van der Waals surface area contributed by atoms with E-state index in [-0.39, 0.29) is 0 Å². The zero-order chi connectivity index (χ0) is 17.3. The number of nitrogens with zero attached hydrogens (tertiary/aromatic N) is 1. The minimum atomic E-state index is 0.421. The normalized spacial score (nSPS) is 11.1. The van der Waals surface area contributed by atoms with Crippen molar-refractivity contribution in [3.05, 3.63) is 0 Å². The molecule has 0 saturated carbocycles. The second kappa shape index (κ2) is 16.1. The van der Waals surface area contributed by atoms with Crippen LogP contribution in [0, 0.1) is 0 Å². The summed E-state index contributed by atoms with van der Waals surface area (Å²) in [5, 5.41) is 6.76. The Morgan fingerprint density at radius 3 is 1.48 bits per heavy atom. The number of guanidine groups is 1. The molecule has 4 nitrogen and oxygen atoms in total. The maximum atomic E-state index is 5.50. The van der Waals surface area contributed by atoms with E-state index >= 15 is 0 Å². The van der Waals surface area contributed by atoms with Crippen molar-refractivity contribution in [2.45, 2.75) is 104 Å². The molecule has 23 heavy (non-hydrogen) atoms. The molecule has 0 heterocycles. The third-order valence-electron chi connectivity index (χ3n) is 3.73. The fraction of sp³-hybridized carbons (Fsp3) is 0.947. The number of hydrogen-bond acceptors (Lipinski definition) is 2. The molecular weight excluding hydrogens is 284 g/mol. The van der Waals surface area contributed by atoms with Gasteiger partial charge in [0.25, 0.3) is 0 Å². The van der Waals surface area contributed by atoms with Crippen molar-refractivity contribution >= 4 is 5.96 Å². The molecule has 4 N–H and O–H groups in total. The molecule has 138 valence electrons. The van der Waals surface area contributed by atoms with Crippen molar-refractivity contribution in [3.63, 3.8) is 0 Å². The summed E-state index contributed by atoms with van der Waals surface area (Å²) in [5.74, 6) is 0.951. The van der Waals surface area contributed by atoms with Gasteiger partial charge in [0.15, 0.2) is 5.96 Å². The highest BCUT2D eigenvalue weighted by Crippen LogP contribution is 2.10. The van der Waals surface area contributed by atoms with Crippen LogP contribution in [0.15, 0.2) is 4.99 Å². The van der Waals surface area contributed by atoms with E-state index in [1.165, 1.54) is 64.2 Å². The first-order chi connectivity index (χ1) is 11.1. The number of rotatable bonds is 14. The lowest BCUT2D eigenvalue weighted by molar-refractivity contribution is 0.554. The lowest BCUT2D eigenvalue weighted by Gasteiger charge is -2.17. The first-order valence-electron chi connectivity index (χ1n) is 9.83. The molecule has 0 aromatic heterocycles. The molecule has 0 bridgehead atoms. The highest BCUT2D eigenvalue weighted by Gasteiger charge is 2.02. The van der Waals surface area contributed by atoms with Gasteiger partial charge in [0, 0.05) is 18.6 Å². The number of unbranched alkanes of at least 4 members (excludes halogenated alkanes) is 9. The van der Waals surface area contributed by atoms with Gasteiger partial charge < -0.3 is 16.4 Å². The van der Waals surface area contributed by atoms with E-state index in [1.54, 1.807) is 0 Å². The molecule has 0 aromatic carbocycles. The predicted octanol–water partition coefficient (Wildman–Crippen LogP) is 4.20. The van der Waals surface area contributed by atoms with Crippen molar-refractivity contribution in [1.29, 1.82) is 0 Å². The lowest BCUT2D eigenvalue weighted by atomic mass is 10.1. The molecule has 0 aromatic rings. The van der Waals surface area contributed by atoms with Crippen molar-refractivity contribution in [2.24, 2.45) is 10.7 Å². The van der Waals surface area contributed by atoms with E-state index in [0.29, 0.717) is 12.1 Å². The number of nitrogens with one attached hydrogen (secondary N) is 2. The minimum absolute atomic E-state index is 0.421. The molecular formula is C19H42N4. The molecule has 0 aliphatic rings. The topological polar surface area (TPSA) is 62.4 Å². The largest absolute Gasteiger partial charge is 0.354 e. The zero-order valence-electron chi connectivity index (χ0n) is 16.2. The predicted molar refractivity (Wildman–Crippen MR) is 104 cm³/mol. The van der Waals surface area contributed by atoms with Crippen molar-refractivity contribution in [2.75, 3.05) is 13.1 Å². The summed E-state index contributed by atoms with van der Waals surface area (Å²) in [6.07, 6.45) is 13.3. The summed E-state index contributed by atoms with van der Waals surface area (Å²) in [5.41, 5.74) is 5.50. The van der Waals surface area contributed by atoms with Gasteiger partial charge in [-0.1, -0.05) is 51.4 Å². The average Bonchev–Trinajstić information content (AvgIpc) is 2.47. The van der Waals surface area contributed by atoms with Gasteiger partial charge in [-0.3, -0.25) is 4.99 Å². The van der Waals surface area contributed by atoms with Crippen LogP contribution < -0.4 is 16.4 Å². The van der Waals surface area contributed by atoms with Crippen LogP contribution in [0.4, 0.5) is 0 Å². The summed E-state index contributed by atoms with van der Waals surface area (Å²) in [7, 11) is 0. The molecule has 0 fully saturated rings. The van der Waals surface area contributed by atoms with E-state index in [2.05, 4.69) is 43.3 Å². The average molecular weight is 327 g/mol. The molecule has 0 spiro atoms. The van der Waals surface area contributed by atoms with Crippen molar-refractivity contribution in [3.8, 4) is 0 Å². The third-order valence-corrected chi connectivity index (χ3v) is 3.73. The monoisotopic (exact) mass is 326 g/mol. The lowest BCUT2D eigenvalue weighted by Crippen LogP contribution is -2.44. The maximum absolute atomic E-state index is 5.50. The fourth-order valence-corrected chi connectivity index (χ4v) is 2.54. The van der Waals surface area contributed by atoms with Crippen LogP contribution in [-0.4, -0.2) is 31.1 Å². The van der Waals surface area contributed by atoms with Gasteiger partial charge in [0.05, 0.1) is 0 Å². The van der Waals surface area contributed by atoms with Gasteiger partial charge in [-0.25, -0.2) is 0 Å². The Labute approximate surface area is 145 Å². The number of nitrogens with two attached hydrogens (primary N) is 1. The molecule has 0 unspecified atom stereocenters. The molecule has 4 heteroatoms. The standard InChI is InChI=1S/C19H42N4/c1-17(2)22-19(23-18(3)4)21-16-14-12-10-8-6-5-7-9-11-13-15-20/h17-18H,5-16,20H2,1-4H3,(H2,21,22,23). The van der Waals surface area contributed by atoms with Gasteiger partial charge in [0.1, 0.15) is 0 Å². The van der Waals surface area contributed by atoms with Gasteiger partial charge >= 0.3 is 0 Å². The van der Waals surface area contributed by atoms with Gasteiger partial charge in [-0.05, 0) is 47.1 Å². The van der Waals surface area contributed by atoms with Crippen LogP contribution in [-0.2, 0) is 0 Å². The fourth-order valence-electron chi connectivity index (χ4n) is 2.54. The van der Waals surface area contributed by atoms with Crippen molar-refractivity contribution in [1.82, 2.24) is 10.6 Å². The number of aliphatic imine (C=N–C) groups is 1. The highest BCUT2D eigenvalue weighted by molar-refractivity contribution is 5.80. The first kappa shape index (κ1) is 22.2. The third kappa shape index (κ3) is 17.4. The Balaban J connectivity index is 3.52. The van der Waals surface area contributed by atoms with Gasteiger partial charge in [-0.15, -0.1) is 0 Å². The quantitative estimate of drug-likeness (QED) is 0.255. The van der Waals surface area contributed by atoms with Gasteiger partial charge in [0.2, 0.25) is 0 Å². The second-order valence-corrected chi connectivity index (χ2v) is 7.15. The summed E-state index contributed by atoms with van der Waals surface area (Å²) in [4.78, 5) is 4.66. The minimum Gasteiger partial charge on any atom is -0.354 e. The molecule has 0 aliphatic carbocycles. The summed E-state index contributed by atoms with van der Waals surface area (Å²) < 4.78 is 0. The molecule has 0 rings (SSSR count). The Morgan fingerprint density at radius 1 is 0.696 bits per heavy atom. The van der Waals surface area contributed by atoms with E-state index in [4.69, 9.17) is 5.73 Å². The second-order valence-electron chi connectivity index (χ2n) is 7.15. The molecule has 0 amide bonds.